The standard InChI is InChI=1S/C22H24N4O4.2C22H22N4O4.C21H19N5O3.CH3.B.BrH.Mg.Na.H/c3*1-13-9-21(28)25-18-4-3-15(10-16(13)18)24-22(29)17-11-19(14(2)27)23-12-20(17)26-5-7-30-8-6-26;1-13-9-20(27)25-17-4-3-14(10-15(13)17)24-21(28)16-11-19(22-2)23-12-18(16)26-5-7-29-8-6-26;;;;;;/h3-4,9-12,14,27H,5-8H2,1-2H3,(H,24,29)(H,25,28);2*3-4,9-12H,5-8H2,1-2H3,(H,24,29)(H,25,28);3-4,9-12H,5-8H2,1H3,(H,24,28)(H,25,27);1H3;;1H;;;/q;;;;-1;;;+2;+1;-1/p-1. The van der Waals surface area contributed by atoms with Crippen LogP contribution < -0.4 is 110 Å². The summed E-state index contributed by atoms with van der Waals surface area (Å²) < 4.78 is 21.6. The van der Waals surface area contributed by atoms with E-state index < -0.39 is 6.10 Å². The maximum atomic E-state index is 13.2. The number of nitrogens with one attached hydrogen (secondary N) is 8. The van der Waals surface area contributed by atoms with Gasteiger partial charge in [-0.1, -0.05) is 6.57 Å². The number of anilines is 8. The summed E-state index contributed by atoms with van der Waals surface area (Å²) in [6.07, 6.45) is 5.58. The average Bonchev–Trinajstić information content (AvgIpc) is 0.789. The topological polar surface area (TPSA) is 408 Å². The van der Waals surface area contributed by atoms with Crippen LogP contribution in [0.25, 0.3) is 48.5 Å². The zero-order valence-electron chi connectivity index (χ0n) is 71.1. The number of H-pyrrole nitrogens is 4. The summed E-state index contributed by atoms with van der Waals surface area (Å²) in [5.41, 5.74) is 13.1. The minimum absolute atomic E-state index is 0. The van der Waals surface area contributed by atoms with Crippen LogP contribution in [0.2, 0.25) is 0 Å². The molecule has 4 aromatic carbocycles. The molecule has 1 unspecified atom stereocenters. The number of aromatic nitrogens is 8. The average molecular weight is 1760 g/mol. The minimum atomic E-state index is -0.782. The van der Waals surface area contributed by atoms with Crippen LogP contribution in [0.15, 0.2) is 165 Å². The number of fused-ring (bicyclic) bond motifs is 4. The first kappa shape index (κ1) is 97.8. The van der Waals surface area contributed by atoms with Crippen molar-refractivity contribution in [3.05, 3.63) is 268 Å². The van der Waals surface area contributed by atoms with Crippen LogP contribution in [-0.2, 0) is 18.9 Å². The fourth-order valence-electron chi connectivity index (χ4n) is 14.2. The van der Waals surface area contributed by atoms with Crippen molar-refractivity contribution in [1.82, 2.24) is 39.9 Å². The maximum Gasteiger partial charge on any atom is 2.00 e. The molecule has 0 bridgehead atoms. The number of carbonyl (C=O) groups is 6. The van der Waals surface area contributed by atoms with Gasteiger partial charge in [0.05, 0.1) is 128 Å². The molecule has 4 aliphatic rings. The van der Waals surface area contributed by atoms with Gasteiger partial charge in [0.1, 0.15) is 17.6 Å². The number of aromatic amines is 4. The minimum Gasteiger partial charge on any atom is -1.00 e. The van der Waals surface area contributed by atoms with Crippen molar-refractivity contribution < 1.29 is 101 Å². The van der Waals surface area contributed by atoms with Crippen LogP contribution in [0.5, 0.6) is 0 Å². The molecule has 0 aliphatic carbocycles. The molecule has 1 atom stereocenters. The molecule has 3 radical (unpaired) electrons. The Bertz CT molecular complexity index is 6080. The summed E-state index contributed by atoms with van der Waals surface area (Å²) in [7, 11) is 0. The van der Waals surface area contributed by atoms with Crippen molar-refractivity contribution in [2.75, 3.05) is 146 Å². The first-order valence-electron chi connectivity index (χ1n) is 38.5. The third-order valence-electron chi connectivity index (χ3n) is 20.4. The van der Waals surface area contributed by atoms with E-state index in [1.807, 2.05) is 66.7 Å². The van der Waals surface area contributed by atoms with Gasteiger partial charge in [-0.3, -0.25) is 62.9 Å². The number of nitrogens with zero attached hydrogens (tertiary/aromatic N) is 9. The van der Waals surface area contributed by atoms with Gasteiger partial charge in [-0.25, -0.2) is 0 Å². The van der Waals surface area contributed by atoms with Crippen LogP contribution in [0.4, 0.5) is 51.3 Å². The van der Waals surface area contributed by atoms with E-state index in [9.17, 15) is 53.1 Å². The predicted molar refractivity (Wildman–Crippen MR) is 474 cm³/mol. The second-order valence-corrected chi connectivity index (χ2v) is 28.8. The van der Waals surface area contributed by atoms with Gasteiger partial charge in [-0.05, 0) is 154 Å². The smallest absolute Gasteiger partial charge is 1.00 e. The van der Waals surface area contributed by atoms with Gasteiger partial charge in [-0.2, -0.15) is 0 Å². The van der Waals surface area contributed by atoms with Crippen molar-refractivity contribution in [3.8, 4) is 0 Å². The normalized spacial score (nSPS) is 13.7. The Labute approximate surface area is 765 Å². The van der Waals surface area contributed by atoms with Crippen molar-refractivity contribution >= 4 is 162 Å². The van der Waals surface area contributed by atoms with Crippen LogP contribution in [0.1, 0.15) is 119 Å². The molecule has 12 heterocycles. The summed E-state index contributed by atoms with van der Waals surface area (Å²) in [6, 6.07) is 33.6. The largest absolute Gasteiger partial charge is 2.00 e. The molecule has 124 heavy (non-hydrogen) atoms. The molecule has 16 rings (SSSR count). The molecule has 36 heteroatoms. The third-order valence-corrected chi connectivity index (χ3v) is 20.4. The summed E-state index contributed by atoms with van der Waals surface area (Å²) in [5, 5.41) is 25.0. The van der Waals surface area contributed by atoms with E-state index in [1.165, 1.54) is 56.3 Å². The summed E-state index contributed by atoms with van der Waals surface area (Å²) >= 11 is 0. The van der Waals surface area contributed by atoms with Gasteiger partial charge in [0.25, 0.3) is 29.4 Å². The number of amides is 4. The molecule has 4 amide bonds. The van der Waals surface area contributed by atoms with Crippen molar-refractivity contribution in [1.29, 1.82) is 0 Å². The van der Waals surface area contributed by atoms with E-state index in [2.05, 4.69) is 70.9 Å². The Morgan fingerprint density at radius 2 is 0.669 bits per heavy atom. The van der Waals surface area contributed by atoms with Crippen molar-refractivity contribution in [2.45, 2.75) is 54.6 Å². The number of hydrogen-bond acceptors (Lipinski definition) is 23. The fourth-order valence-corrected chi connectivity index (χ4v) is 14.2. The molecule has 32 nitrogen and oxygen atoms in total. The molecule has 4 saturated heterocycles. The molecule has 0 saturated carbocycles. The Hall–Kier alpha value is -11.7. The fraction of sp³-hybridized carbons (Fsp3) is 0.273. The second kappa shape index (κ2) is 44.6. The predicted octanol–water partition coefficient (Wildman–Crippen LogP) is 4.10. The van der Waals surface area contributed by atoms with E-state index >= 15 is 0 Å². The maximum absolute atomic E-state index is 13.2. The zero-order valence-corrected chi connectivity index (χ0v) is 75.1. The molecule has 8 aromatic heterocycles. The van der Waals surface area contributed by atoms with Gasteiger partial charge in [0.15, 0.2) is 11.6 Å². The number of Topliss-reactive ketones (excluding diaryl/α,β-unsaturated/α-hetero) is 2. The number of morpholine rings is 4. The number of aryl methyl sites for hydroxylation is 4. The molecular weight excluding hydrogens is 1670 g/mol. The molecule has 4 aliphatic heterocycles. The first-order chi connectivity index (χ1) is 57.3. The number of aliphatic hydroxyl groups excluding tert-OH is 1. The SMILES string of the molecule is CC(=O)c1cc(C(=O)Nc2ccc3[nH]c(=O)cc(C)c3c2)c(N2CCOCC2)cn1.CC(=O)c1cc(C(=O)Nc2ccc3[nH]c(=O)cc(C)c3c2)c(N2CCOCC2)cn1.Cc1cc(=O)[nH]c2ccc(NC(=O)c3cc(C(C)O)ncc3N3CCOCC3)cc12.[B].[Br-].[C-]#[N+]c1cc(C(=O)Nc2ccc3[nH]c(=O)cc(C)c3c2)c(N2CCOCC2)cn1.[CH3-].[H-].[Mg+2].[Na+]. The molecule has 12 aromatic rings. The van der Waals surface area contributed by atoms with Gasteiger partial charge in [0, 0.05) is 165 Å². The van der Waals surface area contributed by atoms with Crippen LogP contribution in [-0.4, -0.2) is 217 Å². The number of pyridine rings is 8. The number of ether oxygens (including phenoxy) is 4. The van der Waals surface area contributed by atoms with Gasteiger partial charge in [-0.15, -0.1) is 4.98 Å². The molecular formula is C88H91BBrMgN17NaO15. The Balaban J connectivity index is 0.000000225. The van der Waals surface area contributed by atoms with E-state index in [0.717, 1.165) is 43.8 Å². The van der Waals surface area contributed by atoms with Crippen molar-refractivity contribution in [2.24, 2.45) is 0 Å². The number of aliphatic hydroxyl groups is 1. The first-order valence-corrected chi connectivity index (χ1v) is 38.5. The summed E-state index contributed by atoms with van der Waals surface area (Å²) in [5.74, 6) is -1.52. The zero-order chi connectivity index (χ0) is 84.1. The number of carbonyl (C=O) groups excluding carboxylic acids is 6. The number of hydrogen-bond donors (Lipinski definition) is 9. The third kappa shape index (κ3) is 24.0. The number of halogens is 1. The van der Waals surface area contributed by atoms with Gasteiger partial charge >= 0.3 is 52.6 Å². The van der Waals surface area contributed by atoms with Crippen LogP contribution in [0.3, 0.4) is 0 Å². The second-order valence-electron chi connectivity index (χ2n) is 28.8. The van der Waals surface area contributed by atoms with Crippen LogP contribution in [0, 0.1) is 41.7 Å². The van der Waals surface area contributed by atoms with Crippen LogP contribution >= 0.6 is 0 Å². The molecule has 4 fully saturated rings. The number of ketones is 2. The van der Waals surface area contributed by atoms with E-state index in [0.29, 0.717) is 201 Å². The van der Waals surface area contributed by atoms with Gasteiger partial charge in [0.2, 0.25) is 22.2 Å². The number of rotatable bonds is 15. The molecule has 9 N–H and O–H groups in total. The van der Waals surface area contributed by atoms with Crippen molar-refractivity contribution in [3.63, 3.8) is 0 Å². The summed E-state index contributed by atoms with van der Waals surface area (Å²) in [6.45, 7) is 28.9. The Kier molecular flexibility index (Phi) is 35.2. The van der Waals surface area contributed by atoms with E-state index in [1.54, 1.807) is 86.3 Å². The number of benzene rings is 4. The monoisotopic (exact) mass is 1760 g/mol. The van der Waals surface area contributed by atoms with E-state index in [-0.39, 0.29) is 161 Å². The molecule has 631 valence electrons. The Morgan fingerprint density at radius 1 is 0.419 bits per heavy atom. The summed E-state index contributed by atoms with van der Waals surface area (Å²) in [4.78, 5) is 162. The van der Waals surface area contributed by atoms with Gasteiger partial charge < -0.3 is 116 Å². The Morgan fingerprint density at radius 3 is 0.927 bits per heavy atom. The van der Waals surface area contributed by atoms with E-state index in [4.69, 9.17) is 25.5 Å². The quantitative estimate of drug-likeness (QED) is 0.0396. The molecule has 0 spiro atoms.